The van der Waals surface area contributed by atoms with E-state index < -0.39 is 0 Å². The molecule has 4 heteroatoms. The summed E-state index contributed by atoms with van der Waals surface area (Å²) in [5.41, 5.74) is 8.72. The van der Waals surface area contributed by atoms with E-state index in [9.17, 15) is 0 Å². The van der Waals surface area contributed by atoms with E-state index in [1.165, 1.54) is 0 Å². The lowest BCUT2D eigenvalue weighted by Crippen LogP contribution is -2.27. The van der Waals surface area contributed by atoms with Crippen LogP contribution in [0, 0.1) is 5.92 Å². The maximum absolute atomic E-state index is 9.12. The molecule has 0 aliphatic rings. The Kier molecular flexibility index (Phi) is 4.22. The Balaban J connectivity index is 2.32. The van der Waals surface area contributed by atoms with Crippen LogP contribution in [0.4, 0.5) is 11.4 Å². The number of fused-ring (bicyclic) bond motifs is 1. The monoisotopic (exact) mass is 259 g/mol. The molecule has 0 aliphatic carbocycles. The highest BCUT2D eigenvalue weighted by Crippen LogP contribution is 2.29. The summed E-state index contributed by atoms with van der Waals surface area (Å²) < 4.78 is 0. The van der Waals surface area contributed by atoms with Crippen LogP contribution in [0.3, 0.4) is 0 Å². The van der Waals surface area contributed by atoms with Gasteiger partial charge < -0.3 is 16.2 Å². The maximum Gasteiger partial charge on any atom is 0.0724 e. The highest BCUT2D eigenvalue weighted by atomic mass is 16.3. The zero-order valence-corrected chi connectivity index (χ0v) is 11.4. The van der Waals surface area contributed by atoms with E-state index in [1.807, 2.05) is 24.3 Å². The standard InChI is InChI=1S/C15H21N3O/c1-10(2)12(7-9-19)18-14-6-5-13-11(15(14)16)4-3-8-17-13/h3-6,8,10,12,18-19H,7,9,16H2,1-2H3. The lowest BCUT2D eigenvalue weighted by atomic mass is 10.0. The number of nitrogens with two attached hydrogens (primary N) is 1. The zero-order valence-electron chi connectivity index (χ0n) is 11.4. The quantitative estimate of drug-likeness (QED) is 0.722. The summed E-state index contributed by atoms with van der Waals surface area (Å²) in [7, 11) is 0. The van der Waals surface area contributed by atoms with Gasteiger partial charge in [-0.2, -0.15) is 0 Å². The van der Waals surface area contributed by atoms with Crippen molar-refractivity contribution in [2.45, 2.75) is 26.3 Å². The van der Waals surface area contributed by atoms with E-state index in [-0.39, 0.29) is 12.6 Å². The first-order valence-corrected chi connectivity index (χ1v) is 6.64. The van der Waals surface area contributed by atoms with Gasteiger partial charge >= 0.3 is 0 Å². The van der Waals surface area contributed by atoms with Crippen LogP contribution in [0.2, 0.25) is 0 Å². The first-order chi connectivity index (χ1) is 9.13. The van der Waals surface area contributed by atoms with Gasteiger partial charge in [0.15, 0.2) is 0 Å². The highest BCUT2D eigenvalue weighted by Gasteiger charge is 2.14. The minimum absolute atomic E-state index is 0.172. The number of rotatable bonds is 5. The van der Waals surface area contributed by atoms with Crippen LogP contribution in [-0.4, -0.2) is 22.7 Å². The van der Waals surface area contributed by atoms with E-state index >= 15 is 0 Å². The van der Waals surface area contributed by atoms with Crippen molar-refractivity contribution in [3.05, 3.63) is 30.5 Å². The third-order valence-electron chi connectivity index (χ3n) is 3.41. The molecule has 0 amide bonds. The molecular formula is C15H21N3O. The summed E-state index contributed by atoms with van der Waals surface area (Å²) in [6.07, 6.45) is 2.47. The zero-order chi connectivity index (χ0) is 13.8. The molecule has 0 saturated carbocycles. The highest BCUT2D eigenvalue weighted by molar-refractivity contribution is 5.96. The fourth-order valence-corrected chi connectivity index (χ4v) is 2.21. The number of aliphatic hydroxyl groups is 1. The average molecular weight is 259 g/mol. The number of hydrogen-bond donors (Lipinski definition) is 3. The van der Waals surface area contributed by atoms with Crippen molar-refractivity contribution < 1.29 is 5.11 Å². The molecular weight excluding hydrogens is 238 g/mol. The Labute approximate surface area is 113 Å². The smallest absolute Gasteiger partial charge is 0.0724 e. The summed E-state index contributed by atoms with van der Waals surface area (Å²) in [6.45, 7) is 4.43. The number of hydrogen-bond acceptors (Lipinski definition) is 4. The summed E-state index contributed by atoms with van der Waals surface area (Å²) in [5.74, 6) is 0.427. The van der Waals surface area contributed by atoms with Crippen molar-refractivity contribution in [1.29, 1.82) is 0 Å². The van der Waals surface area contributed by atoms with Gasteiger partial charge in [0.25, 0.3) is 0 Å². The molecule has 0 bridgehead atoms. The molecule has 1 aromatic carbocycles. The fraction of sp³-hybridized carbons (Fsp3) is 0.400. The molecule has 0 aliphatic heterocycles. The largest absolute Gasteiger partial charge is 0.397 e. The normalized spacial score (nSPS) is 12.8. The molecule has 4 N–H and O–H groups in total. The van der Waals surface area contributed by atoms with Crippen molar-refractivity contribution in [2.75, 3.05) is 17.7 Å². The molecule has 19 heavy (non-hydrogen) atoms. The Morgan fingerprint density at radius 1 is 1.32 bits per heavy atom. The summed E-state index contributed by atoms with van der Waals surface area (Å²) >= 11 is 0. The number of nitrogen functional groups attached to an aromatic ring is 1. The van der Waals surface area contributed by atoms with Gasteiger partial charge in [0.05, 0.1) is 16.9 Å². The molecule has 2 rings (SSSR count). The van der Waals surface area contributed by atoms with Crippen LogP contribution in [0.25, 0.3) is 10.9 Å². The first-order valence-electron chi connectivity index (χ1n) is 6.64. The number of anilines is 2. The predicted octanol–water partition coefficient (Wildman–Crippen LogP) is 2.64. The average Bonchev–Trinajstić information content (AvgIpc) is 2.41. The van der Waals surface area contributed by atoms with Gasteiger partial charge in [-0.1, -0.05) is 13.8 Å². The molecule has 0 radical (unpaired) electrons. The Morgan fingerprint density at radius 2 is 2.11 bits per heavy atom. The molecule has 0 saturated heterocycles. The number of nitrogens with one attached hydrogen (secondary N) is 1. The number of nitrogens with zero attached hydrogens (tertiary/aromatic N) is 1. The summed E-state index contributed by atoms with van der Waals surface area (Å²) in [4.78, 5) is 4.29. The van der Waals surface area contributed by atoms with Crippen molar-refractivity contribution in [3.63, 3.8) is 0 Å². The maximum atomic E-state index is 9.12. The Morgan fingerprint density at radius 3 is 2.79 bits per heavy atom. The summed E-state index contributed by atoms with van der Waals surface area (Å²) in [6, 6.07) is 7.98. The van der Waals surface area contributed by atoms with E-state index in [1.54, 1.807) is 6.20 Å². The number of aromatic nitrogens is 1. The second-order valence-corrected chi connectivity index (χ2v) is 5.10. The van der Waals surface area contributed by atoms with Crippen LogP contribution < -0.4 is 11.1 Å². The van der Waals surface area contributed by atoms with Gasteiger partial charge in [0.1, 0.15) is 0 Å². The minimum atomic E-state index is 0.172. The van der Waals surface area contributed by atoms with Crippen molar-refractivity contribution in [3.8, 4) is 0 Å². The minimum Gasteiger partial charge on any atom is -0.397 e. The van der Waals surface area contributed by atoms with Gasteiger partial charge in [0.2, 0.25) is 0 Å². The SMILES string of the molecule is CC(C)C(CCO)Nc1ccc2ncccc2c1N. The Bertz CT molecular complexity index is 554. The first kappa shape index (κ1) is 13.6. The van der Waals surface area contributed by atoms with Gasteiger partial charge in [-0.25, -0.2) is 0 Å². The number of pyridine rings is 1. The van der Waals surface area contributed by atoms with Crippen LogP contribution in [0.5, 0.6) is 0 Å². The van der Waals surface area contributed by atoms with Crippen molar-refractivity contribution >= 4 is 22.3 Å². The van der Waals surface area contributed by atoms with Crippen LogP contribution >= 0.6 is 0 Å². The van der Waals surface area contributed by atoms with Crippen molar-refractivity contribution in [1.82, 2.24) is 4.98 Å². The molecule has 0 fully saturated rings. The van der Waals surface area contributed by atoms with Crippen LogP contribution in [-0.2, 0) is 0 Å². The lowest BCUT2D eigenvalue weighted by molar-refractivity contribution is 0.267. The Hall–Kier alpha value is -1.81. The molecule has 1 aromatic heterocycles. The topological polar surface area (TPSA) is 71.2 Å². The van der Waals surface area contributed by atoms with Gasteiger partial charge in [-0.05, 0) is 36.6 Å². The van der Waals surface area contributed by atoms with Gasteiger partial charge in [-0.3, -0.25) is 4.98 Å². The van der Waals surface area contributed by atoms with Gasteiger partial charge in [-0.15, -0.1) is 0 Å². The number of aliphatic hydroxyl groups excluding tert-OH is 1. The number of benzene rings is 1. The van der Waals surface area contributed by atoms with E-state index in [2.05, 4.69) is 24.1 Å². The fourth-order valence-electron chi connectivity index (χ4n) is 2.21. The second kappa shape index (κ2) is 5.89. The molecule has 0 spiro atoms. The molecule has 1 atom stereocenters. The molecule has 102 valence electrons. The molecule has 1 heterocycles. The summed E-state index contributed by atoms with van der Waals surface area (Å²) in [5, 5.41) is 13.5. The molecule has 4 nitrogen and oxygen atoms in total. The lowest BCUT2D eigenvalue weighted by Gasteiger charge is -2.24. The third kappa shape index (κ3) is 2.96. The van der Waals surface area contributed by atoms with E-state index in [0.29, 0.717) is 18.0 Å². The third-order valence-corrected chi connectivity index (χ3v) is 3.41. The second-order valence-electron chi connectivity index (χ2n) is 5.10. The van der Waals surface area contributed by atoms with Crippen LogP contribution in [0.1, 0.15) is 20.3 Å². The van der Waals surface area contributed by atoms with Crippen LogP contribution in [0.15, 0.2) is 30.5 Å². The molecule has 2 aromatic rings. The predicted molar refractivity (Wildman–Crippen MR) is 80.1 cm³/mol. The van der Waals surface area contributed by atoms with E-state index in [4.69, 9.17) is 10.8 Å². The van der Waals surface area contributed by atoms with E-state index in [0.717, 1.165) is 16.6 Å². The van der Waals surface area contributed by atoms with Gasteiger partial charge in [0, 0.05) is 24.2 Å². The molecule has 1 unspecified atom stereocenters. The van der Waals surface area contributed by atoms with Crippen molar-refractivity contribution in [2.24, 2.45) is 5.92 Å².